The van der Waals surface area contributed by atoms with E-state index in [1.165, 1.54) is 0 Å². The highest BCUT2D eigenvalue weighted by atomic mass is 15.2. The van der Waals surface area contributed by atoms with Crippen molar-refractivity contribution in [2.45, 2.75) is 6.54 Å². The fourth-order valence-corrected chi connectivity index (χ4v) is 2.22. The summed E-state index contributed by atoms with van der Waals surface area (Å²) in [5, 5.41) is 3.23. The average Bonchev–Trinajstić information content (AvgIpc) is 2.48. The molecule has 5 N–H and O–H groups in total. The fraction of sp³-hybridized carbons (Fsp3) is 0.467. The van der Waals surface area contributed by atoms with Gasteiger partial charge in [0.1, 0.15) is 0 Å². The lowest BCUT2D eigenvalue weighted by molar-refractivity contribution is 0.163. The first-order chi connectivity index (χ1) is 9.67. The maximum Gasteiger partial charge on any atom is 0.0395 e. The van der Waals surface area contributed by atoms with Gasteiger partial charge in [-0.1, -0.05) is 12.1 Å². The third-order valence-corrected chi connectivity index (χ3v) is 3.62. The number of hydrogen-bond acceptors (Lipinski definition) is 5. The molecule has 0 aromatic heterocycles. The quantitative estimate of drug-likeness (QED) is 0.734. The zero-order chi connectivity index (χ0) is 14.4. The van der Waals surface area contributed by atoms with E-state index in [4.69, 9.17) is 11.5 Å². The maximum absolute atomic E-state index is 6.07. The Bertz CT molecular complexity index is 432. The van der Waals surface area contributed by atoms with Crippen LogP contribution in [0.3, 0.4) is 0 Å². The largest absolute Gasteiger partial charge is 0.400 e. The van der Waals surface area contributed by atoms with Gasteiger partial charge in [0.15, 0.2) is 0 Å². The Kier molecular flexibility index (Phi) is 5.40. The lowest BCUT2D eigenvalue weighted by Crippen LogP contribution is -2.45. The zero-order valence-electron chi connectivity index (χ0n) is 12.2. The van der Waals surface area contributed by atoms with E-state index in [1.54, 1.807) is 0 Å². The molecule has 1 aromatic carbocycles. The Labute approximate surface area is 121 Å². The van der Waals surface area contributed by atoms with Gasteiger partial charge in [0.2, 0.25) is 0 Å². The SMILES string of the molecule is CN1CCN(C/C(N)=C/Nc2ccc(CN)cc2)CC1. The molecule has 5 heteroatoms. The first-order valence-corrected chi connectivity index (χ1v) is 7.08. The molecule has 0 atom stereocenters. The van der Waals surface area contributed by atoms with Crippen molar-refractivity contribution in [2.75, 3.05) is 45.1 Å². The number of piperazine rings is 1. The van der Waals surface area contributed by atoms with Crippen LogP contribution in [0, 0.1) is 0 Å². The minimum atomic E-state index is 0.571. The Morgan fingerprint density at radius 1 is 1.20 bits per heavy atom. The molecule has 1 saturated heterocycles. The Morgan fingerprint density at radius 3 is 2.45 bits per heavy atom. The molecule has 0 bridgehead atoms. The fourth-order valence-electron chi connectivity index (χ4n) is 2.22. The van der Waals surface area contributed by atoms with E-state index in [1.807, 2.05) is 30.5 Å². The average molecular weight is 275 g/mol. The molecule has 1 aliphatic heterocycles. The van der Waals surface area contributed by atoms with Crippen LogP contribution in [0.5, 0.6) is 0 Å². The van der Waals surface area contributed by atoms with Crippen molar-refractivity contribution in [1.82, 2.24) is 9.80 Å². The molecule has 0 saturated carbocycles. The highest BCUT2D eigenvalue weighted by molar-refractivity contribution is 5.47. The normalized spacial score (nSPS) is 18.2. The topological polar surface area (TPSA) is 70.5 Å². The molecule has 0 radical (unpaired) electrons. The number of nitrogens with zero attached hydrogens (tertiary/aromatic N) is 2. The summed E-state index contributed by atoms with van der Waals surface area (Å²) in [7, 11) is 2.16. The van der Waals surface area contributed by atoms with Crippen LogP contribution in [0.2, 0.25) is 0 Å². The van der Waals surface area contributed by atoms with Gasteiger partial charge in [-0.15, -0.1) is 0 Å². The molecule has 1 fully saturated rings. The Hall–Kier alpha value is -1.56. The standard InChI is InChI=1S/C15H25N5/c1-19-6-8-20(9-7-19)12-14(17)11-18-15-4-2-13(10-16)3-5-15/h2-5,11,18H,6-10,12,16-17H2,1H3/b14-11-. The summed E-state index contributed by atoms with van der Waals surface area (Å²) < 4.78 is 0. The molecule has 0 amide bonds. The van der Waals surface area contributed by atoms with Crippen LogP contribution < -0.4 is 16.8 Å². The van der Waals surface area contributed by atoms with Crippen LogP contribution in [-0.2, 0) is 6.54 Å². The summed E-state index contributed by atoms with van der Waals surface area (Å²) in [5.74, 6) is 0. The summed E-state index contributed by atoms with van der Waals surface area (Å²) in [4.78, 5) is 4.72. The van der Waals surface area contributed by atoms with E-state index in [2.05, 4.69) is 22.2 Å². The van der Waals surface area contributed by atoms with Gasteiger partial charge >= 0.3 is 0 Å². The minimum absolute atomic E-state index is 0.571. The monoisotopic (exact) mass is 275 g/mol. The van der Waals surface area contributed by atoms with E-state index in [0.717, 1.165) is 49.7 Å². The molecule has 5 nitrogen and oxygen atoms in total. The van der Waals surface area contributed by atoms with Gasteiger partial charge < -0.3 is 21.7 Å². The first-order valence-electron chi connectivity index (χ1n) is 7.08. The predicted octanol–water partition coefficient (Wildman–Crippen LogP) is 0.605. The zero-order valence-corrected chi connectivity index (χ0v) is 12.2. The number of benzene rings is 1. The van der Waals surface area contributed by atoms with Crippen LogP contribution in [0.15, 0.2) is 36.2 Å². The van der Waals surface area contributed by atoms with Gasteiger partial charge in [-0.3, -0.25) is 4.90 Å². The Morgan fingerprint density at radius 2 is 1.85 bits per heavy atom. The van der Waals surface area contributed by atoms with Crippen molar-refractivity contribution in [3.05, 3.63) is 41.7 Å². The lowest BCUT2D eigenvalue weighted by Gasteiger charge is -2.32. The van der Waals surface area contributed by atoms with Crippen LogP contribution in [0.1, 0.15) is 5.56 Å². The minimum Gasteiger partial charge on any atom is -0.400 e. The van der Waals surface area contributed by atoms with Gasteiger partial charge in [0, 0.05) is 56.9 Å². The molecule has 1 heterocycles. The van der Waals surface area contributed by atoms with Gasteiger partial charge in [-0.25, -0.2) is 0 Å². The molecule has 0 spiro atoms. The number of likely N-dealkylation sites (N-methyl/N-ethyl adjacent to an activating group) is 1. The van der Waals surface area contributed by atoms with Crippen LogP contribution in [0.4, 0.5) is 5.69 Å². The molecule has 0 aliphatic carbocycles. The molecule has 2 rings (SSSR count). The summed E-state index contributed by atoms with van der Waals surface area (Å²) in [6.07, 6.45) is 1.88. The molecular formula is C15H25N5. The van der Waals surface area contributed by atoms with Crippen molar-refractivity contribution < 1.29 is 0 Å². The first kappa shape index (κ1) is 14.8. The van der Waals surface area contributed by atoms with Crippen molar-refractivity contribution >= 4 is 5.69 Å². The van der Waals surface area contributed by atoms with Gasteiger partial charge in [-0.05, 0) is 24.7 Å². The third-order valence-electron chi connectivity index (χ3n) is 3.62. The molecule has 1 aromatic rings. The van der Waals surface area contributed by atoms with Crippen molar-refractivity contribution in [3.8, 4) is 0 Å². The molecular weight excluding hydrogens is 250 g/mol. The van der Waals surface area contributed by atoms with E-state index >= 15 is 0 Å². The lowest BCUT2D eigenvalue weighted by atomic mass is 10.2. The number of nitrogens with two attached hydrogens (primary N) is 2. The summed E-state index contributed by atoms with van der Waals surface area (Å²) in [6, 6.07) is 8.07. The van der Waals surface area contributed by atoms with Crippen LogP contribution in [-0.4, -0.2) is 49.6 Å². The highest BCUT2D eigenvalue weighted by Crippen LogP contribution is 2.09. The van der Waals surface area contributed by atoms with E-state index in [-0.39, 0.29) is 0 Å². The van der Waals surface area contributed by atoms with E-state index in [0.29, 0.717) is 6.54 Å². The van der Waals surface area contributed by atoms with Gasteiger partial charge in [0.25, 0.3) is 0 Å². The van der Waals surface area contributed by atoms with Gasteiger partial charge in [0.05, 0.1) is 0 Å². The predicted molar refractivity (Wildman–Crippen MR) is 84.2 cm³/mol. The highest BCUT2D eigenvalue weighted by Gasteiger charge is 2.13. The van der Waals surface area contributed by atoms with E-state index in [9.17, 15) is 0 Å². The number of hydrogen-bond donors (Lipinski definition) is 3. The summed E-state index contributed by atoms with van der Waals surface area (Å²) in [6.45, 7) is 5.78. The van der Waals surface area contributed by atoms with E-state index < -0.39 is 0 Å². The van der Waals surface area contributed by atoms with Gasteiger partial charge in [-0.2, -0.15) is 0 Å². The van der Waals surface area contributed by atoms with Crippen molar-refractivity contribution in [2.24, 2.45) is 11.5 Å². The van der Waals surface area contributed by atoms with Crippen molar-refractivity contribution in [3.63, 3.8) is 0 Å². The number of nitrogens with one attached hydrogen (secondary N) is 1. The molecule has 1 aliphatic rings. The van der Waals surface area contributed by atoms with Crippen molar-refractivity contribution in [1.29, 1.82) is 0 Å². The summed E-state index contributed by atoms with van der Waals surface area (Å²) in [5.41, 5.74) is 14.7. The smallest absolute Gasteiger partial charge is 0.0395 e. The second-order valence-electron chi connectivity index (χ2n) is 5.34. The molecule has 0 unspecified atom stereocenters. The summed E-state index contributed by atoms with van der Waals surface area (Å²) >= 11 is 0. The molecule has 110 valence electrons. The van der Waals surface area contributed by atoms with Crippen LogP contribution >= 0.6 is 0 Å². The second-order valence-corrected chi connectivity index (χ2v) is 5.34. The maximum atomic E-state index is 6.07. The molecule has 20 heavy (non-hydrogen) atoms. The second kappa shape index (κ2) is 7.28. The number of anilines is 1. The third kappa shape index (κ3) is 4.52. The van der Waals surface area contributed by atoms with Crippen LogP contribution in [0.25, 0.3) is 0 Å². The Balaban J connectivity index is 1.80. The number of rotatable bonds is 5.